The smallest absolute Gasteiger partial charge is 0.337 e. The summed E-state index contributed by atoms with van der Waals surface area (Å²) in [5, 5.41) is 10.8. The summed E-state index contributed by atoms with van der Waals surface area (Å²) in [5.41, 5.74) is -0.709. The van der Waals surface area contributed by atoms with E-state index in [-0.39, 0.29) is 11.7 Å². The Labute approximate surface area is 142 Å². The second-order valence-corrected chi connectivity index (χ2v) is 6.92. The third-order valence-electron chi connectivity index (χ3n) is 4.91. The summed E-state index contributed by atoms with van der Waals surface area (Å²) in [6, 6.07) is 5.02. The van der Waals surface area contributed by atoms with Crippen molar-refractivity contribution in [2.24, 2.45) is 11.3 Å². The maximum Gasteiger partial charge on any atom is 0.337 e. The van der Waals surface area contributed by atoms with E-state index in [0.717, 1.165) is 5.56 Å². The molecule has 5 nitrogen and oxygen atoms in total. The van der Waals surface area contributed by atoms with Crippen molar-refractivity contribution >= 4 is 11.8 Å². The monoisotopic (exact) mass is 332 g/mol. The van der Waals surface area contributed by atoms with Gasteiger partial charge in [-0.1, -0.05) is 13.8 Å². The van der Waals surface area contributed by atoms with Crippen molar-refractivity contribution < 1.29 is 24.2 Å². The summed E-state index contributed by atoms with van der Waals surface area (Å²) in [4.78, 5) is 24.1. The van der Waals surface area contributed by atoms with Crippen molar-refractivity contribution in [2.75, 3.05) is 14.2 Å². The maximum absolute atomic E-state index is 12.3. The molecule has 0 spiro atoms. The normalized spacial score (nSPS) is 25.4. The number of carbonyl (C=O) groups excluding carboxylic acids is 2. The standard InChI is InChI=1S/C19H24O5/c1-18(2)15(19(3,22)9-8-16(18)20)11-13-10-12(17(21)24-5)6-7-14(13)23-4/h6-10,15,22H,11H2,1-5H3/t15-,19-/m1/s1. The lowest BCUT2D eigenvalue weighted by molar-refractivity contribution is -0.132. The third kappa shape index (κ3) is 3.22. The molecule has 5 heteroatoms. The van der Waals surface area contributed by atoms with E-state index in [1.807, 2.05) is 13.8 Å². The first-order valence-electron chi connectivity index (χ1n) is 7.84. The molecular formula is C19H24O5. The Morgan fingerprint density at radius 2 is 1.92 bits per heavy atom. The minimum Gasteiger partial charge on any atom is -0.496 e. The average Bonchev–Trinajstić information content (AvgIpc) is 2.55. The number of esters is 1. The number of ether oxygens (including phenoxy) is 2. The number of rotatable bonds is 4. The van der Waals surface area contributed by atoms with Crippen LogP contribution in [0.2, 0.25) is 0 Å². The Bertz CT molecular complexity index is 685. The molecule has 1 aliphatic rings. The van der Waals surface area contributed by atoms with Crippen LogP contribution in [0.1, 0.15) is 36.7 Å². The fourth-order valence-corrected chi connectivity index (χ4v) is 3.34. The average molecular weight is 332 g/mol. The van der Waals surface area contributed by atoms with E-state index in [1.54, 1.807) is 38.3 Å². The summed E-state index contributed by atoms with van der Waals surface area (Å²) in [6.45, 7) is 5.35. The SMILES string of the molecule is COC(=O)c1ccc(OC)c(C[C@@H]2C(C)(C)C(=O)C=C[C@@]2(C)O)c1. The molecule has 0 aromatic heterocycles. The van der Waals surface area contributed by atoms with Crippen molar-refractivity contribution in [1.82, 2.24) is 0 Å². The number of allylic oxidation sites excluding steroid dienone is 1. The van der Waals surface area contributed by atoms with Gasteiger partial charge in [-0.05, 0) is 49.3 Å². The quantitative estimate of drug-likeness (QED) is 0.858. The number of benzene rings is 1. The van der Waals surface area contributed by atoms with Crippen LogP contribution >= 0.6 is 0 Å². The molecule has 2 atom stereocenters. The van der Waals surface area contributed by atoms with Gasteiger partial charge in [0.25, 0.3) is 0 Å². The molecule has 0 heterocycles. The lowest BCUT2D eigenvalue weighted by Crippen LogP contribution is -2.49. The molecule has 2 rings (SSSR count). The second kappa shape index (κ2) is 6.40. The van der Waals surface area contributed by atoms with Gasteiger partial charge < -0.3 is 14.6 Å². The number of hydrogen-bond acceptors (Lipinski definition) is 5. The molecule has 1 aliphatic carbocycles. The molecule has 0 bridgehead atoms. The molecule has 130 valence electrons. The van der Waals surface area contributed by atoms with Gasteiger partial charge in [0.15, 0.2) is 5.78 Å². The van der Waals surface area contributed by atoms with E-state index < -0.39 is 17.0 Å². The predicted octanol–water partition coefficient (Wildman–Crippen LogP) is 2.56. The predicted molar refractivity (Wildman–Crippen MR) is 90.1 cm³/mol. The van der Waals surface area contributed by atoms with Crippen LogP contribution in [0.3, 0.4) is 0 Å². The van der Waals surface area contributed by atoms with Crippen LogP contribution in [-0.2, 0) is 16.0 Å². The molecular weight excluding hydrogens is 308 g/mol. The molecule has 1 aromatic carbocycles. The van der Waals surface area contributed by atoms with Gasteiger partial charge in [-0.25, -0.2) is 4.79 Å². The molecule has 1 aromatic rings. The Morgan fingerprint density at radius 3 is 2.50 bits per heavy atom. The number of aliphatic hydroxyl groups is 1. The Morgan fingerprint density at radius 1 is 1.25 bits per heavy atom. The fraction of sp³-hybridized carbons (Fsp3) is 0.474. The van der Waals surface area contributed by atoms with Crippen LogP contribution in [0.25, 0.3) is 0 Å². The van der Waals surface area contributed by atoms with E-state index in [1.165, 1.54) is 13.2 Å². The Balaban J connectivity index is 2.46. The highest BCUT2D eigenvalue weighted by Gasteiger charge is 2.47. The van der Waals surface area contributed by atoms with Gasteiger partial charge in [-0.15, -0.1) is 0 Å². The summed E-state index contributed by atoms with van der Waals surface area (Å²) in [7, 11) is 2.87. The largest absolute Gasteiger partial charge is 0.496 e. The maximum atomic E-state index is 12.3. The van der Waals surface area contributed by atoms with Crippen LogP contribution in [-0.4, -0.2) is 36.7 Å². The van der Waals surface area contributed by atoms with Gasteiger partial charge in [-0.2, -0.15) is 0 Å². The van der Waals surface area contributed by atoms with Gasteiger partial charge in [0, 0.05) is 11.3 Å². The van der Waals surface area contributed by atoms with Crippen LogP contribution in [0.5, 0.6) is 5.75 Å². The topological polar surface area (TPSA) is 72.8 Å². The molecule has 0 radical (unpaired) electrons. The van der Waals surface area contributed by atoms with Crippen LogP contribution in [0.15, 0.2) is 30.4 Å². The first kappa shape index (κ1) is 18.2. The van der Waals surface area contributed by atoms with Crippen molar-refractivity contribution in [3.05, 3.63) is 41.5 Å². The highest BCUT2D eigenvalue weighted by atomic mass is 16.5. The van der Waals surface area contributed by atoms with Crippen molar-refractivity contribution in [2.45, 2.75) is 32.8 Å². The van der Waals surface area contributed by atoms with E-state index in [2.05, 4.69) is 0 Å². The van der Waals surface area contributed by atoms with Gasteiger partial charge in [0.1, 0.15) is 5.75 Å². The summed E-state index contributed by atoms with van der Waals surface area (Å²) in [5.74, 6) is -0.216. The first-order valence-corrected chi connectivity index (χ1v) is 7.84. The van der Waals surface area contributed by atoms with Crippen LogP contribution < -0.4 is 4.74 Å². The zero-order chi connectivity index (χ0) is 18.1. The molecule has 0 aliphatic heterocycles. The second-order valence-electron chi connectivity index (χ2n) is 6.92. The first-order chi connectivity index (χ1) is 11.1. The third-order valence-corrected chi connectivity index (χ3v) is 4.91. The van der Waals surface area contributed by atoms with E-state index in [4.69, 9.17) is 9.47 Å². The van der Waals surface area contributed by atoms with Gasteiger partial charge in [-0.3, -0.25) is 4.79 Å². The van der Waals surface area contributed by atoms with Crippen molar-refractivity contribution in [3.63, 3.8) is 0 Å². The molecule has 0 unspecified atom stereocenters. The number of methoxy groups -OCH3 is 2. The van der Waals surface area contributed by atoms with E-state index >= 15 is 0 Å². The van der Waals surface area contributed by atoms with E-state index in [0.29, 0.717) is 17.7 Å². The zero-order valence-corrected chi connectivity index (χ0v) is 14.8. The number of carbonyl (C=O) groups is 2. The Kier molecular flexibility index (Phi) is 4.85. The highest BCUT2D eigenvalue weighted by Crippen LogP contribution is 2.43. The van der Waals surface area contributed by atoms with Crippen molar-refractivity contribution in [1.29, 1.82) is 0 Å². The van der Waals surface area contributed by atoms with Crippen LogP contribution in [0, 0.1) is 11.3 Å². The lowest BCUT2D eigenvalue weighted by atomic mass is 9.62. The lowest BCUT2D eigenvalue weighted by Gasteiger charge is -2.43. The summed E-state index contributed by atoms with van der Waals surface area (Å²) < 4.78 is 10.1. The van der Waals surface area contributed by atoms with E-state index in [9.17, 15) is 14.7 Å². The van der Waals surface area contributed by atoms with Crippen LogP contribution in [0.4, 0.5) is 0 Å². The van der Waals surface area contributed by atoms with Gasteiger partial charge in [0.2, 0.25) is 0 Å². The number of ketones is 1. The Hall–Kier alpha value is -2.14. The highest BCUT2D eigenvalue weighted by molar-refractivity contribution is 5.96. The molecule has 0 saturated heterocycles. The summed E-state index contributed by atoms with van der Waals surface area (Å²) in [6.07, 6.45) is 3.38. The number of hydrogen-bond donors (Lipinski definition) is 1. The summed E-state index contributed by atoms with van der Waals surface area (Å²) >= 11 is 0. The molecule has 0 saturated carbocycles. The minimum absolute atomic E-state index is 0.0258. The van der Waals surface area contributed by atoms with Gasteiger partial charge >= 0.3 is 5.97 Å². The minimum atomic E-state index is -1.14. The molecule has 24 heavy (non-hydrogen) atoms. The molecule has 0 fully saturated rings. The van der Waals surface area contributed by atoms with Gasteiger partial charge in [0.05, 0.1) is 25.4 Å². The molecule has 1 N–H and O–H groups in total. The fourth-order valence-electron chi connectivity index (χ4n) is 3.34. The molecule has 0 amide bonds. The zero-order valence-electron chi connectivity index (χ0n) is 14.8. The van der Waals surface area contributed by atoms with Crippen molar-refractivity contribution in [3.8, 4) is 5.75 Å².